The van der Waals surface area contributed by atoms with Gasteiger partial charge < -0.3 is 5.73 Å². The Kier molecular flexibility index (Phi) is 3.31. The standard InChI is InChI=1S/C11H13Cl2NO/c1-11(2,3)7-5-9(13)8(12)4-6(7)10(14)15/h4-5H,1-3H3,(H2,14,15). The maximum atomic E-state index is 11.3. The highest BCUT2D eigenvalue weighted by Crippen LogP contribution is 2.32. The summed E-state index contributed by atoms with van der Waals surface area (Å²) in [5.74, 6) is -0.488. The van der Waals surface area contributed by atoms with E-state index in [9.17, 15) is 4.79 Å². The molecule has 0 aliphatic carbocycles. The fourth-order valence-corrected chi connectivity index (χ4v) is 1.70. The molecule has 15 heavy (non-hydrogen) atoms. The van der Waals surface area contributed by atoms with Crippen LogP contribution in [-0.2, 0) is 5.41 Å². The smallest absolute Gasteiger partial charge is 0.249 e. The molecule has 0 aliphatic heterocycles. The van der Waals surface area contributed by atoms with Gasteiger partial charge in [0.2, 0.25) is 5.91 Å². The molecular formula is C11H13Cl2NO. The molecule has 0 atom stereocenters. The van der Waals surface area contributed by atoms with Crippen LogP contribution in [0.1, 0.15) is 36.7 Å². The number of primary amides is 1. The lowest BCUT2D eigenvalue weighted by Gasteiger charge is -2.22. The third-order valence-corrected chi connectivity index (χ3v) is 2.86. The van der Waals surface area contributed by atoms with Crippen molar-refractivity contribution in [3.8, 4) is 0 Å². The van der Waals surface area contributed by atoms with E-state index in [-0.39, 0.29) is 5.41 Å². The Morgan fingerprint density at radius 3 is 2.07 bits per heavy atom. The third-order valence-electron chi connectivity index (χ3n) is 2.13. The minimum absolute atomic E-state index is 0.196. The molecule has 2 N–H and O–H groups in total. The minimum atomic E-state index is -0.488. The highest BCUT2D eigenvalue weighted by molar-refractivity contribution is 6.42. The van der Waals surface area contributed by atoms with Crippen molar-refractivity contribution in [2.75, 3.05) is 0 Å². The van der Waals surface area contributed by atoms with Crippen LogP contribution < -0.4 is 5.73 Å². The number of benzene rings is 1. The van der Waals surface area contributed by atoms with Gasteiger partial charge in [0.15, 0.2) is 0 Å². The fourth-order valence-electron chi connectivity index (χ4n) is 1.37. The SMILES string of the molecule is CC(C)(C)c1cc(Cl)c(Cl)cc1C(N)=O. The third kappa shape index (κ3) is 2.64. The number of halogens is 2. The van der Waals surface area contributed by atoms with Gasteiger partial charge in [-0.3, -0.25) is 4.79 Å². The van der Waals surface area contributed by atoms with E-state index < -0.39 is 5.91 Å². The molecule has 0 aromatic heterocycles. The second-order valence-corrected chi connectivity index (χ2v) is 5.24. The average Bonchev–Trinajstić information content (AvgIpc) is 2.06. The summed E-state index contributed by atoms with van der Waals surface area (Å²) < 4.78 is 0. The van der Waals surface area contributed by atoms with Crippen molar-refractivity contribution in [3.05, 3.63) is 33.3 Å². The Morgan fingerprint density at radius 1 is 1.20 bits per heavy atom. The molecule has 0 saturated heterocycles. The van der Waals surface area contributed by atoms with Crippen LogP contribution in [-0.4, -0.2) is 5.91 Å². The Bertz CT molecular complexity index is 408. The first kappa shape index (κ1) is 12.3. The average molecular weight is 246 g/mol. The van der Waals surface area contributed by atoms with Crippen LogP contribution in [0.25, 0.3) is 0 Å². The predicted octanol–water partition coefficient (Wildman–Crippen LogP) is 3.39. The number of amides is 1. The molecule has 0 saturated carbocycles. The molecule has 1 aromatic rings. The molecule has 0 heterocycles. The second-order valence-electron chi connectivity index (χ2n) is 4.43. The minimum Gasteiger partial charge on any atom is -0.366 e. The number of hydrogen-bond acceptors (Lipinski definition) is 1. The molecule has 0 radical (unpaired) electrons. The Labute approximate surface area is 99.4 Å². The molecule has 82 valence electrons. The van der Waals surface area contributed by atoms with Crippen molar-refractivity contribution in [1.82, 2.24) is 0 Å². The van der Waals surface area contributed by atoms with E-state index >= 15 is 0 Å². The Morgan fingerprint density at radius 2 is 1.67 bits per heavy atom. The van der Waals surface area contributed by atoms with Crippen LogP contribution in [0.5, 0.6) is 0 Å². The maximum absolute atomic E-state index is 11.3. The molecule has 1 rings (SSSR count). The lowest BCUT2D eigenvalue weighted by atomic mass is 9.83. The van der Waals surface area contributed by atoms with Crippen molar-refractivity contribution < 1.29 is 4.79 Å². The summed E-state index contributed by atoms with van der Waals surface area (Å²) in [5.41, 5.74) is 6.33. The van der Waals surface area contributed by atoms with Crippen LogP contribution in [0.15, 0.2) is 12.1 Å². The summed E-state index contributed by atoms with van der Waals surface area (Å²) in [5, 5.41) is 0.782. The van der Waals surface area contributed by atoms with Crippen LogP contribution >= 0.6 is 23.2 Å². The van der Waals surface area contributed by atoms with Crippen molar-refractivity contribution in [2.24, 2.45) is 5.73 Å². The molecule has 2 nitrogen and oxygen atoms in total. The first-order chi connectivity index (χ1) is 6.73. The van der Waals surface area contributed by atoms with E-state index in [2.05, 4.69) is 0 Å². The second kappa shape index (κ2) is 4.03. The molecule has 4 heteroatoms. The zero-order chi connectivity index (χ0) is 11.8. The Hall–Kier alpha value is -0.730. The lowest BCUT2D eigenvalue weighted by Crippen LogP contribution is -2.21. The van der Waals surface area contributed by atoms with Crippen molar-refractivity contribution in [1.29, 1.82) is 0 Å². The molecule has 0 fully saturated rings. The summed E-state index contributed by atoms with van der Waals surface area (Å²) in [4.78, 5) is 11.3. The van der Waals surface area contributed by atoms with Gasteiger partial charge in [-0.05, 0) is 23.1 Å². The number of nitrogens with two attached hydrogens (primary N) is 1. The normalized spacial score (nSPS) is 11.5. The molecule has 0 spiro atoms. The number of carbonyl (C=O) groups excluding carboxylic acids is 1. The highest BCUT2D eigenvalue weighted by atomic mass is 35.5. The Balaban J connectivity index is 3.49. The number of carbonyl (C=O) groups is 1. The molecule has 0 unspecified atom stereocenters. The predicted molar refractivity (Wildman–Crippen MR) is 63.7 cm³/mol. The number of rotatable bonds is 1. The van der Waals surface area contributed by atoms with Gasteiger partial charge in [-0.15, -0.1) is 0 Å². The summed E-state index contributed by atoms with van der Waals surface area (Å²) in [6.45, 7) is 5.96. The van der Waals surface area contributed by atoms with Crippen molar-refractivity contribution in [3.63, 3.8) is 0 Å². The van der Waals surface area contributed by atoms with Crippen LogP contribution in [0, 0.1) is 0 Å². The van der Waals surface area contributed by atoms with Gasteiger partial charge in [-0.1, -0.05) is 44.0 Å². The van der Waals surface area contributed by atoms with Crippen LogP contribution in [0.3, 0.4) is 0 Å². The first-order valence-electron chi connectivity index (χ1n) is 4.53. The fraction of sp³-hybridized carbons (Fsp3) is 0.364. The number of hydrogen-bond donors (Lipinski definition) is 1. The van der Waals surface area contributed by atoms with E-state index in [1.54, 1.807) is 6.07 Å². The van der Waals surface area contributed by atoms with Crippen LogP contribution in [0.2, 0.25) is 10.0 Å². The highest BCUT2D eigenvalue weighted by Gasteiger charge is 2.22. The van der Waals surface area contributed by atoms with Crippen molar-refractivity contribution >= 4 is 29.1 Å². The summed E-state index contributed by atoms with van der Waals surface area (Å²) in [6, 6.07) is 3.22. The van der Waals surface area contributed by atoms with Gasteiger partial charge in [0.25, 0.3) is 0 Å². The molecule has 0 bridgehead atoms. The van der Waals surface area contributed by atoms with Gasteiger partial charge in [-0.25, -0.2) is 0 Å². The van der Waals surface area contributed by atoms with Crippen LogP contribution in [0.4, 0.5) is 0 Å². The van der Waals surface area contributed by atoms with E-state index in [0.717, 1.165) is 5.56 Å². The largest absolute Gasteiger partial charge is 0.366 e. The maximum Gasteiger partial charge on any atom is 0.249 e. The van der Waals surface area contributed by atoms with Gasteiger partial charge in [0.1, 0.15) is 0 Å². The van der Waals surface area contributed by atoms with Gasteiger partial charge in [0.05, 0.1) is 10.0 Å². The van der Waals surface area contributed by atoms with Gasteiger partial charge in [-0.2, -0.15) is 0 Å². The van der Waals surface area contributed by atoms with Gasteiger partial charge >= 0.3 is 0 Å². The molecule has 1 aromatic carbocycles. The molecule has 1 amide bonds. The van der Waals surface area contributed by atoms with E-state index in [1.165, 1.54) is 6.07 Å². The quantitative estimate of drug-likeness (QED) is 0.810. The van der Waals surface area contributed by atoms with E-state index in [4.69, 9.17) is 28.9 Å². The zero-order valence-electron chi connectivity index (χ0n) is 8.90. The monoisotopic (exact) mass is 245 g/mol. The molecule has 0 aliphatic rings. The topological polar surface area (TPSA) is 43.1 Å². The lowest BCUT2D eigenvalue weighted by molar-refractivity contribution is 0.0998. The summed E-state index contributed by atoms with van der Waals surface area (Å²) >= 11 is 11.8. The molecular weight excluding hydrogens is 233 g/mol. The van der Waals surface area contributed by atoms with Gasteiger partial charge in [0, 0.05) is 5.56 Å². The van der Waals surface area contributed by atoms with E-state index in [1.807, 2.05) is 20.8 Å². The van der Waals surface area contributed by atoms with E-state index in [0.29, 0.717) is 15.6 Å². The zero-order valence-corrected chi connectivity index (χ0v) is 10.4. The van der Waals surface area contributed by atoms with Crippen molar-refractivity contribution in [2.45, 2.75) is 26.2 Å². The summed E-state index contributed by atoms with van der Waals surface area (Å²) in [7, 11) is 0. The first-order valence-corrected chi connectivity index (χ1v) is 5.28. The summed E-state index contributed by atoms with van der Waals surface area (Å²) in [6.07, 6.45) is 0.